The van der Waals surface area contributed by atoms with Crippen LogP contribution in [-0.2, 0) is 13.6 Å². The van der Waals surface area contributed by atoms with Crippen LogP contribution in [-0.4, -0.2) is 51.7 Å². The minimum absolute atomic E-state index is 0.102. The first-order valence-electron chi connectivity index (χ1n) is 5.35. The number of hydrogen-bond donors (Lipinski definition) is 2. The monoisotopic (exact) mass is 224 g/mol. The molecule has 0 radical (unpaired) electrons. The fourth-order valence-corrected chi connectivity index (χ4v) is 1.89. The van der Waals surface area contributed by atoms with Gasteiger partial charge in [-0.2, -0.15) is 0 Å². The summed E-state index contributed by atoms with van der Waals surface area (Å²) < 4.78 is 1.64. The van der Waals surface area contributed by atoms with Gasteiger partial charge in [0.25, 0.3) is 0 Å². The third-order valence-electron chi connectivity index (χ3n) is 2.87. The van der Waals surface area contributed by atoms with Crippen LogP contribution < -0.4 is 5.32 Å². The third-order valence-corrected chi connectivity index (χ3v) is 2.87. The highest BCUT2D eigenvalue weighted by molar-refractivity contribution is 5.83. The summed E-state index contributed by atoms with van der Waals surface area (Å²) in [5, 5.41) is 12.2. The number of carboxylic acids is 1. The van der Waals surface area contributed by atoms with Crippen molar-refractivity contribution in [1.82, 2.24) is 19.8 Å². The number of hydrogen-bond acceptors (Lipinski definition) is 4. The van der Waals surface area contributed by atoms with E-state index < -0.39 is 5.97 Å². The second-order valence-corrected chi connectivity index (χ2v) is 3.96. The van der Waals surface area contributed by atoms with Gasteiger partial charge < -0.3 is 15.0 Å². The smallest absolute Gasteiger partial charge is 0.372 e. The van der Waals surface area contributed by atoms with Gasteiger partial charge in [-0.15, -0.1) is 0 Å². The van der Waals surface area contributed by atoms with Crippen LogP contribution in [0.1, 0.15) is 16.3 Å². The molecule has 16 heavy (non-hydrogen) atoms. The molecule has 1 fully saturated rings. The zero-order valence-electron chi connectivity index (χ0n) is 9.31. The fraction of sp³-hybridized carbons (Fsp3) is 0.600. The van der Waals surface area contributed by atoms with Crippen molar-refractivity contribution in [1.29, 1.82) is 0 Å². The summed E-state index contributed by atoms with van der Waals surface area (Å²) in [5.74, 6) is -0.876. The number of carbonyl (C=O) groups is 1. The van der Waals surface area contributed by atoms with Crippen LogP contribution in [0.3, 0.4) is 0 Å². The lowest BCUT2D eigenvalue weighted by atomic mass is 10.3. The molecular formula is C10H16N4O2. The van der Waals surface area contributed by atoms with E-state index in [9.17, 15) is 4.79 Å². The summed E-state index contributed by atoms with van der Waals surface area (Å²) in [4.78, 5) is 17.0. The van der Waals surface area contributed by atoms with Gasteiger partial charge in [-0.1, -0.05) is 0 Å². The zero-order chi connectivity index (χ0) is 11.5. The summed E-state index contributed by atoms with van der Waals surface area (Å²) >= 11 is 0. The van der Waals surface area contributed by atoms with E-state index in [0.29, 0.717) is 0 Å². The number of imidazole rings is 1. The molecule has 2 rings (SSSR count). The molecule has 0 amide bonds. The maximum Gasteiger partial charge on any atom is 0.372 e. The van der Waals surface area contributed by atoms with E-state index in [-0.39, 0.29) is 5.82 Å². The second kappa shape index (κ2) is 4.63. The van der Waals surface area contributed by atoms with Crippen molar-refractivity contribution in [3.63, 3.8) is 0 Å². The minimum Gasteiger partial charge on any atom is -0.475 e. The minimum atomic E-state index is -0.978. The lowest BCUT2D eigenvalue weighted by Gasteiger charge is -2.27. The molecule has 6 nitrogen and oxygen atoms in total. The molecular weight excluding hydrogens is 208 g/mol. The Bertz CT molecular complexity index is 382. The van der Waals surface area contributed by atoms with Crippen LogP contribution in [0.2, 0.25) is 0 Å². The molecule has 1 aliphatic heterocycles. The number of carboxylic acid groups (broad SMARTS) is 1. The molecule has 0 bridgehead atoms. The quantitative estimate of drug-likeness (QED) is 0.726. The molecule has 6 heteroatoms. The van der Waals surface area contributed by atoms with Crippen LogP contribution in [0.25, 0.3) is 0 Å². The molecule has 1 saturated heterocycles. The topological polar surface area (TPSA) is 70.4 Å². The Morgan fingerprint density at radius 1 is 1.56 bits per heavy atom. The normalized spacial score (nSPS) is 17.6. The Labute approximate surface area is 93.9 Å². The highest BCUT2D eigenvalue weighted by atomic mass is 16.4. The van der Waals surface area contributed by atoms with E-state index in [1.807, 2.05) is 0 Å². The molecule has 1 aromatic heterocycles. The number of aromatic carboxylic acids is 1. The van der Waals surface area contributed by atoms with E-state index in [1.54, 1.807) is 17.8 Å². The molecule has 88 valence electrons. The highest BCUT2D eigenvalue weighted by Crippen LogP contribution is 2.07. The van der Waals surface area contributed by atoms with E-state index in [4.69, 9.17) is 5.11 Å². The van der Waals surface area contributed by atoms with Crippen LogP contribution >= 0.6 is 0 Å². The van der Waals surface area contributed by atoms with E-state index in [1.165, 1.54) is 0 Å². The first kappa shape index (κ1) is 11.1. The van der Waals surface area contributed by atoms with Gasteiger partial charge >= 0.3 is 5.97 Å². The fourth-order valence-electron chi connectivity index (χ4n) is 1.89. The second-order valence-electron chi connectivity index (χ2n) is 3.96. The van der Waals surface area contributed by atoms with Crippen molar-refractivity contribution in [3.8, 4) is 0 Å². The van der Waals surface area contributed by atoms with E-state index >= 15 is 0 Å². The maximum absolute atomic E-state index is 10.8. The number of nitrogens with zero attached hydrogens (tertiary/aromatic N) is 3. The molecule has 0 aliphatic carbocycles. The molecule has 2 N–H and O–H groups in total. The predicted octanol–water partition coefficient (Wildman–Crippen LogP) is -0.476. The lowest BCUT2D eigenvalue weighted by molar-refractivity contribution is 0.0679. The first-order valence-corrected chi connectivity index (χ1v) is 5.35. The van der Waals surface area contributed by atoms with Gasteiger partial charge in [0.15, 0.2) is 0 Å². The third kappa shape index (κ3) is 2.23. The van der Waals surface area contributed by atoms with Crippen molar-refractivity contribution >= 4 is 5.97 Å². The summed E-state index contributed by atoms with van der Waals surface area (Å²) in [6.45, 7) is 4.73. The molecule has 0 atom stereocenters. The van der Waals surface area contributed by atoms with E-state index in [2.05, 4.69) is 15.2 Å². The molecule has 0 unspecified atom stereocenters. The largest absolute Gasteiger partial charge is 0.475 e. The average Bonchev–Trinajstić information content (AvgIpc) is 2.62. The van der Waals surface area contributed by atoms with Crippen LogP contribution in [0.15, 0.2) is 6.20 Å². The van der Waals surface area contributed by atoms with E-state index in [0.717, 1.165) is 38.4 Å². The Kier molecular flexibility index (Phi) is 3.21. The SMILES string of the molecule is Cn1c(CN2CCNCC2)cnc1C(=O)O. The predicted molar refractivity (Wildman–Crippen MR) is 58.3 cm³/mol. The van der Waals surface area contributed by atoms with Crippen molar-refractivity contribution in [3.05, 3.63) is 17.7 Å². The molecule has 0 aromatic carbocycles. The molecule has 0 spiro atoms. The summed E-state index contributed by atoms with van der Waals surface area (Å²) in [7, 11) is 1.74. The standard InChI is InChI=1S/C10H16N4O2/c1-13-8(6-12-9(13)10(15)16)7-14-4-2-11-3-5-14/h6,11H,2-5,7H2,1H3,(H,15,16). The Morgan fingerprint density at radius 2 is 2.25 bits per heavy atom. The van der Waals surface area contributed by atoms with Crippen molar-refractivity contribution in [2.45, 2.75) is 6.54 Å². The number of aromatic nitrogens is 2. The highest BCUT2D eigenvalue weighted by Gasteiger charge is 2.16. The van der Waals surface area contributed by atoms with Crippen molar-refractivity contribution in [2.75, 3.05) is 26.2 Å². The van der Waals surface area contributed by atoms with Gasteiger partial charge in [-0.25, -0.2) is 9.78 Å². The lowest BCUT2D eigenvalue weighted by Crippen LogP contribution is -2.43. The Morgan fingerprint density at radius 3 is 2.81 bits per heavy atom. The summed E-state index contributed by atoms with van der Waals surface area (Å²) in [6, 6.07) is 0. The van der Waals surface area contributed by atoms with Crippen molar-refractivity contribution < 1.29 is 9.90 Å². The van der Waals surface area contributed by atoms with Crippen LogP contribution in [0.5, 0.6) is 0 Å². The molecule has 1 aliphatic rings. The molecule has 1 aromatic rings. The zero-order valence-corrected chi connectivity index (χ0v) is 9.31. The summed E-state index contributed by atoms with van der Waals surface area (Å²) in [6.07, 6.45) is 1.64. The summed E-state index contributed by atoms with van der Waals surface area (Å²) in [5.41, 5.74) is 0.944. The number of nitrogens with one attached hydrogen (secondary N) is 1. The van der Waals surface area contributed by atoms with Gasteiger partial charge in [0.1, 0.15) is 0 Å². The van der Waals surface area contributed by atoms with Crippen LogP contribution in [0, 0.1) is 0 Å². The van der Waals surface area contributed by atoms with Gasteiger partial charge in [0, 0.05) is 39.8 Å². The number of rotatable bonds is 3. The first-order chi connectivity index (χ1) is 7.68. The maximum atomic E-state index is 10.8. The van der Waals surface area contributed by atoms with Gasteiger partial charge in [0.05, 0.1) is 11.9 Å². The average molecular weight is 224 g/mol. The Hall–Kier alpha value is -1.40. The molecule has 2 heterocycles. The van der Waals surface area contributed by atoms with Crippen LogP contribution in [0.4, 0.5) is 0 Å². The molecule has 0 saturated carbocycles. The van der Waals surface area contributed by atoms with Gasteiger partial charge in [-0.3, -0.25) is 4.90 Å². The van der Waals surface area contributed by atoms with Gasteiger partial charge in [0.2, 0.25) is 5.82 Å². The van der Waals surface area contributed by atoms with Gasteiger partial charge in [-0.05, 0) is 0 Å². The Balaban J connectivity index is 2.06. The van der Waals surface area contributed by atoms with Crippen molar-refractivity contribution in [2.24, 2.45) is 7.05 Å². The number of piperazine rings is 1.